The molecule has 3 aromatic rings. The van der Waals surface area contributed by atoms with E-state index in [9.17, 15) is 0 Å². The molecule has 0 saturated carbocycles. The maximum atomic E-state index is 4.57. The third-order valence-electron chi connectivity index (χ3n) is 4.61. The molecule has 0 spiro atoms. The third-order valence-corrected chi connectivity index (χ3v) is 5.65. The van der Waals surface area contributed by atoms with Gasteiger partial charge >= 0.3 is 0 Å². The molecule has 1 saturated heterocycles. The fraction of sp³-hybridized carbons (Fsp3) is 0.471. The first-order valence-electron chi connectivity index (χ1n) is 8.32. The number of likely N-dealkylation sites (tertiary alicyclic amines) is 1. The average molecular weight is 342 g/mol. The summed E-state index contributed by atoms with van der Waals surface area (Å²) in [5.41, 5.74) is 1.10. The van der Waals surface area contributed by atoms with Crippen LogP contribution in [0.1, 0.15) is 29.5 Å². The minimum absolute atomic E-state index is 0.532. The largest absolute Gasteiger partial charge is 0.338 e. The van der Waals surface area contributed by atoms with Crippen molar-refractivity contribution in [3.63, 3.8) is 0 Å². The van der Waals surface area contributed by atoms with E-state index in [1.165, 1.54) is 23.5 Å². The quantitative estimate of drug-likeness (QED) is 0.731. The molecule has 0 bridgehead atoms. The molecule has 1 fully saturated rings. The second-order valence-corrected chi connectivity index (χ2v) is 7.62. The van der Waals surface area contributed by atoms with Gasteiger partial charge in [-0.2, -0.15) is 5.10 Å². The first kappa shape index (κ1) is 15.5. The van der Waals surface area contributed by atoms with E-state index in [1.807, 2.05) is 42.7 Å². The summed E-state index contributed by atoms with van der Waals surface area (Å²) in [6.07, 6.45) is 12.3. The van der Waals surface area contributed by atoms with Crippen LogP contribution in [0, 0.1) is 0 Å². The van der Waals surface area contributed by atoms with Gasteiger partial charge in [-0.25, -0.2) is 9.97 Å². The van der Waals surface area contributed by atoms with E-state index in [-0.39, 0.29) is 0 Å². The van der Waals surface area contributed by atoms with Crippen molar-refractivity contribution in [1.82, 2.24) is 29.2 Å². The smallest absolute Gasteiger partial charge is 0.126 e. The number of hydrogen-bond donors (Lipinski definition) is 0. The lowest BCUT2D eigenvalue weighted by atomic mass is 9.97. The van der Waals surface area contributed by atoms with Gasteiger partial charge in [-0.1, -0.05) is 0 Å². The highest BCUT2D eigenvalue weighted by molar-refractivity contribution is 7.15. The number of nitrogens with zero attached hydrogens (tertiary/aromatic N) is 6. The van der Waals surface area contributed by atoms with Crippen molar-refractivity contribution in [1.29, 1.82) is 0 Å². The Hall–Kier alpha value is -1.99. The van der Waals surface area contributed by atoms with Gasteiger partial charge in [0.15, 0.2) is 0 Å². The Balaban J connectivity index is 1.44. The van der Waals surface area contributed by atoms with E-state index in [2.05, 4.69) is 31.6 Å². The molecule has 0 aliphatic carbocycles. The average Bonchev–Trinajstić information content (AvgIpc) is 3.29. The molecule has 126 valence electrons. The standard InChI is InChI=1S/C17H22N6S/c1-21-7-5-18-16(21)13-4-3-6-23(11-13)12-15-9-19-17(24-15)14-8-20-22(2)10-14/h5,7-10,13H,3-4,6,11-12H2,1-2H3. The molecule has 6 nitrogen and oxygen atoms in total. The molecule has 3 aromatic heterocycles. The van der Waals surface area contributed by atoms with Gasteiger partial charge in [-0.05, 0) is 19.4 Å². The summed E-state index contributed by atoms with van der Waals surface area (Å²) in [4.78, 5) is 13.0. The Labute approximate surface area is 145 Å². The first-order chi connectivity index (χ1) is 11.7. The molecular weight excluding hydrogens is 320 g/mol. The van der Waals surface area contributed by atoms with Crippen molar-refractivity contribution < 1.29 is 0 Å². The number of thiazole rings is 1. The van der Waals surface area contributed by atoms with Gasteiger partial charge in [-0.3, -0.25) is 9.58 Å². The van der Waals surface area contributed by atoms with Crippen LogP contribution in [0.2, 0.25) is 0 Å². The zero-order valence-electron chi connectivity index (χ0n) is 14.1. The monoisotopic (exact) mass is 342 g/mol. The Bertz CT molecular complexity index is 817. The maximum absolute atomic E-state index is 4.57. The van der Waals surface area contributed by atoms with E-state index in [1.54, 1.807) is 11.3 Å². The van der Waals surface area contributed by atoms with E-state index in [0.29, 0.717) is 5.92 Å². The summed E-state index contributed by atoms with van der Waals surface area (Å²) in [6, 6.07) is 0. The van der Waals surface area contributed by atoms with Crippen molar-refractivity contribution in [3.8, 4) is 10.6 Å². The number of rotatable bonds is 4. The molecule has 1 aliphatic rings. The summed E-state index contributed by atoms with van der Waals surface area (Å²) in [6.45, 7) is 3.20. The van der Waals surface area contributed by atoms with Gasteiger partial charge in [0.1, 0.15) is 10.8 Å². The predicted octanol–water partition coefficient (Wildman–Crippen LogP) is 2.66. The number of aromatic nitrogens is 5. The summed E-state index contributed by atoms with van der Waals surface area (Å²) in [7, 11) is 4.02. The molecule has 4 heterocycles. The first-order valence-corrected chi connectivity index (χ1v) is 9.14. The van der Waals surface area contributed by atoms with Gasteiger partial charge in [-0.15, -0.1) is 11.3 Å². The Morgan fingerprint density at radius 1 is 1.25 bits per heavy atom. The zero-order valence-corrected chi connectivity index (χ0v) is 14.9. The van der Waals surface area contributed by atoms with E-state index in [0.717, 1.165) is 30.2 Å². The van der Waals surface area contributed by atoms with E-state index in [4.69, 9.17) is 0 Å². The van der Waals surface area contributed by atoms with E-state index < -0.39 is 0 Å². The van der Waals surface area contributed by atoms with Crippen molar-refractivity contribution >= 4 is 11.3 Å². The molecular formula is C17H22N6S. The van der Waals surface area contributed by atoms with Crippen LogP contribution in [-0.4, -0.2) is 42.3 Å². The molecule has 0 amide bonds. The van der Waals surface area contributed by atoms with Crippen molar-refractivity contribution in [2.45, 2.75) is 25.3 Å². The number of aryl methyl sites for hydroxylation is 2. The Kier molecular flexibility index (Phi) is 4.20. The summed E-state index contributed by atoms with van der Waals surface area (Å²) in [5, 5.41) is 5.28. The minimum atomic E-state index is 0.532. The number of imidazole rings is 1. The number of piperidine rings is 1. The summed E-state index contributed by atoms with van der Waals surface area (Å²) < 4.78 is 3.97. The van der Waals surface area contributed by atoms with Crippen molar-refractivity contribution in [2.75, 3.05) is 13.1 Å². The van der Waals surface area contributed by atoms with Gasteiger partial charge in [0.05, 0.1) is 6.20 Å². The molecule has 1 aliphatic heterocycles. The Morgan fingerprint density at radius 2 is 2.17 bits per heavy atom. The lowest BCUT2D eigenvalue weighted by molar-refractivity contribution is 0.196. The lowest BCUT2D eigenvalue weighted by Gasteiger charge is -2.31. The van der Waals surface area contributed by atoms with Crippen LogP contribution in [0.15, 0.2) is 31.0 Å². The fourth-order valence-corrected chi connectivity index (χ4v) is 4.38. The van der Waals surface area contributed by atoms with Gasteiger partial charge in [0.25, 0.3) is 0 Å². The van der Waals surface area contributed by atoms with Crippen molar-refractivity contribution in [3.05, 3.63) is 41.7 Å². The maximum Gasteiger partial charge on any atom is 0.126 e. The molecule has 7 heteroatoms. The predicted molar refractivity (Wildman–Crippen MR) is 94.8 cm³/mol. The highest BCUT2D eigenvalue weighted by Gasteiger charge is 2.24. The third kappa shape index (κ3) is 3.14. The second kappa shape index (κ2) is 6.49. The minimum Gasteiger partial charge on any atom is -0.338 e. The SMILES string of the molecule is Cn1cc(-c2ncc(CN3CCCC(c4nccn4C)C3)s2)cn1. The fourth-order valence-electron chi connectivity index (χ4n) is 3.45. The highest BCUT2D eigenvalue weighted by Crippen LogP contribution is 2.29. The van der Waals surface area contributed by atoms with Crippen molar-refractivity contribution in [2.24, 2.45) is 14.1 Å². The van der Waals surface area contributed by atoms with Gasteiger partial charge in [0.2, 0.25) is 0 Å². The molecule has 4 rings (SSSR count). The molecule has 24 heavy (non-hydrogen) atoms. The van der Waals surface area contributed by atoms with Gasteiger partial charge < -0.3 is 4.57 Å². The normalized spacial score (nSPS) is 19.0. The lowest BCUT2D eigenvalue weighted by Crippen LogP contribution is -2.34. The van der Waals surface area contributed by atoms with Crippen LogP contribution in [0.5, 0.6) is 0 Å². The number of hydrogen-bond acceptors (Lipinski definition) is 5. The molecule has 0 radical (unpaired) electrons. The van der Waals surface area contributed by atoms with Crippen LogP contribution < -0.4 is 0 Å². The molecule has 0 N–H and O–H groups in total. The highest BCUT2D eigenvalue weighted by atomic mass is 32.1. The molecule has 1 unspecified atom stereocenters. The van der Waals surface area contributed by atoms with Gasteiger partial charge in [0, 0.05) is 68.3 Å². The van der Waals surface area contributed by atoms with E-state index >= 15 is 0 Å². The Morgan fingerprint density at radius 3 is 2.92 bits per heavy atom. The van der Waals surface area contributed by atoms with Crippen LogP contribution in [0.3, 0.4) is 0 Å². The zero-order chi connectivity index (χ0) is 16.5. The molecule has 0 aromatic carbocycles. The van der Waals surface area contributed by atoms with Crippen LogP contribution in [-0.2, 0) is 20.6 Å². The van der Waals surface area contributed by atoms with Crippen LogP contribution >= 0.6 is 11.3 Å². The topological polar surface area (TPSA) is 51.8 Å². The summed E-state index contributed by atoms with van der Waals surface area (Å²) in [5.74, 6) is 1.74. The second-order valence-electron chi connectivity index (χ2n) is 6.51. The van der Waals surface area contributed by atoms with Crippen LogP contribution in [0.4, 0.5) is 0 Å². The molecule has 1 atom stereocenters. The van der Waals surface area contributed by atoms with Crippen LogP contribution in [0.25, 0.3) is 10.6 Å². The summed E-state index contributed by atoms with van der Waals surface area (Å²) >= 11 is 1.77.